The summed E-state index contributed by atoms with van der Waals surface area (Å²) in [7, 11) is 0. The van der Waals surface area contributed by atoms with E-state index in [2.05, 4.69) is 9.97 Å². The SMILES string of the molecule is O=C(Cn1cccnc1=O)N1CCC[C@H]1c1ncc(Cc2ccc(F)cc2)o1. The summed E-state index contributed by atoms with van der Waals surface area (Å²) in [5.41, 5.74) is 0.462. The van der Waals surface area contributed by atoms with E-state index in [-0.39, 0.29) is 24.3 Å². The second-order valence-electron chi connectivity index (χ2n) is 6.74. The van der Waals surface area contributed by atoms with Gasteiger partial charge in [-0.2, -0.15) is 0 Å². The van der Waals surface area contributed by atoms with Crippen molar-refractivity contribution in [1.29, 1.82) is 0 Å². The Morgan fingerprint density at radius 1 is 1.25 bits per heavy atom. The predicted molar refractivity (Wildman–Crippen MR) is 97.9 cm³/mol. The minimum Gasteiger partial charge on any atom is -0.443 e. The quantitative estimate of drug-likeness (QED) is 0.677. The molecule has 0 radical (unpaired) electrons. The normalized spacial score (nSPS) is 16.5. The molecule has 1 fully saturated rings. The number of hydrogen-bond donors (Lipinski definition) is 0. The van der Waals surface area contributed by atoms with Crippen LogP contribution in [0.25, 0.3) is 0 Å². The van der Waals surface area contributed by atoms with Crippen LogP contribution in [0.4, 0.5) is 4.39 Å². The number of amides is 1. The molecule has 1 aliphatic heterocycles. The molecule has 1 aliphatic rings. The number of oxazole rings is 1. The fourth-order valence-corrected chi connectivity index (χ4v) is 3.43. The summed E-state index contributed by atoms with van der Waals surface area (Å²) in [6.07, 6.45) is 6.68. The fourth-order valence-electron chi connectivity index (χ4n) is 3.43. The highest BCUT2D eigenvalue weighted by atomic mass is 19.1. The zero-order chi connectivity index (χ0) is 19.5. The highest BCUT2D eigenvalue weighted by molar-refractivity contribution is 5.76. The molecule has 28 heavy (non-hydrogen) atoms. The minimum absolute atomic E-state index is 0.0632. The molecule has 1 saturated heterocycles. The Hall–Kier alpha value is -3.29. The lowest BCUT2D eigenvalue weighted by molar-refractivity contribution is -0.133. The minimum atomic E-state index is -0.454. The van der Waals surface area contributed by atoms with E-state index in [1.165, 1.54) is 22.9 Å². The third-order valence-electron chi connectivity index (χ3n) is 4.81. The Morgan fingerprint density at radius 3 is 2.86 bits per heavy atom. The van der Waals surface area contributed by atoms with Crippen molar-refractivity contribution >= 4 is 5.91 Å². The van der Waals surface area contributed by atoms with Crippen LogP contribution in [0.15, 0.2) is 58.1 Å². The van der Waals surface area contributed by atoms with Gasteiger partial charge in [0, 0.05) is 25.4 Å². The standard InChI is InChI=1S/C20H19FN4O3/c21-15-6-4-14(5-7-15)11-16-12-23-19(28-16)17-3-1-10-25(17)18(26)13-24-9-2-8-22-20(24)27/h2,4-9,12,17H,1,3,10-11,13H2/t17-/m0/s1. The third kappa shape index (κ3) is 3.85. The molecular weight excluding hydrogens is 363 g/mol. The van der Waals surface area contributed by atoms with Crippen molar-refractivity contribution in [3.8, 4) is 0 Å². The molecule has 3 heterocycles. The van der Waals surface area contributed by atoms with Gasteiger partial charge in [0.05, 0.1) is 6.20 Å². The smallest absolute Gasteiger partial charge is 0.347 e. The van der Waals surface area contributed by atoms with E-state index in [1.807, 2.05) is 0 Å². The van der Waals surface area contributed by atoms with Crippen molar-refractivity contribution in [3.63, 3.8) is 0 Å². The van der Waals surface area contributed by atoms with Crippen molar-refractivity contribution in [2.75, 3.05) is 6.54 Å². The van der Waals surface area contributed by atoms with E-state index in [4.69, 9.17) is 4.42 Å². The lowest BCUT2D eigenvalue weighted by atomic mass is 10.1. The molecule has 0 unspecified atom stereocenters. The molecule has 0 saturated carbocycles. The molecule has 144 valence electrons. The summed E-state index contributed by atoms with van der Waals surface area (Å²) in [5.74, 6) is 0.691. The molecule has 0 bridgehead atoms. The van der Waals surface area contributed by atoms with Gasteiger partial charge in [0.15, 0.2) is 0 Å². The maximum absolute atomic E-state index is 13.0. The van der Waals surface area contributed by atoms with Gasteiger partial charge in [-0.3, -0.25) is 9.36 Å². The monoisotopic (exact) mass is 382 g/mol. The maximum Gasteiger partial charge on any atom is 0.347 e. The lowest BCUT2D eigenvalue weighted by Gasteiger charge is -2.22. The fraction of sp³-hybridized carbons (Fsp3) is 0.300. The van der Waals surface area contributed by atoms with Gasteiger partial charge >= 0.3 is 5.69 Å². The summed E-state index contributed by atoms with van der Waals surface area (Å²) in [6, 6.07) is 7.59. The molecule has 2 aromatic heterocycles. The van der Waals surface area contributed by atoms with Gasteiger partial charge in [0.1, 0.15) is 24.2 Å². The Labute approximate surface area is 160 Å². The van der Waals surface area contributed by atoms with Crippen LogP contribution in [0.3, 0.4) is 0 Å². The molecule has 1 amide bonds. The zero-order valence-corrected chi connectivity index (χ0v) is 15.1. The Bertz CT molecular complexity index is 1030. The average molecular weight is 382 g/mol. The van der Waals surface area contributed by atoms with Crippen molar-refractivity contribution < 1.29 is 13.6 Å². The maximum atomic E-state index is 13.0. The van der Waals surface area contributed by atoms with Gasteiger partial charge in [0.2, 0.25) is 11.8 Å². The number of carbonyl (C=O) groups excluding carboxylic acids is 1. The molecule has 0 aliphatic carbocycles. The number of rotatable bonds is 5. The second kappa shape index (κ2) is 7.75. The molecule has 3 aromatic rings. The van der Waals surface area contributed by atoms with Gasteiger partial charge in [-0.1, -0.05) is 12.1 Å². The number of aromatic nitrogens is 3. The molecular formula is C20H19FN4O3. The van der Waals surface area contributed by atoms with Crippen LogP contribution in [0.1, 0.15) is 36.1 Å². The second-order valence-corrected chi connectivity index (χ2v) is 6.74. The molecule has 0 spiro atoms. The number of benzene rings is 1. The van der Waals surface area contributed by atoms with Crippen LogP contribution in [-0.2, 0) is 17.8 Å². The Morgan fingerprint density at radius 2 is 2.07 bits per heavy atom. The highest BCUT2D eigenvalue weighted by Crippen LogP contribution is 2.32. The van der Waals surface area contributed by atoms with Crippen LogP contribution in [-0.4, -0.2) is 31.9 Å². The van der Waals surface area contributed by atoms with Crippen molar-refractivity contribution in [3.05, 3.63) is 82.4 Å². The number of likely N-dealkylation sites (tertiary alicyclic amines) is 1. The molecule has 1 aromatic carbocycles. The van der Waals surface area contributed by atoms with E-state index in [9.17, 15) is 14.0 Å². The molecule has 1 atom stereocenters. The van der Waals surface area contributed by atoms with E-state index in [0.29, 0.717) is 24.6 Å². The summed E-state index contributed by atoms with van der Waals surface area (Å²) >= 11 is 0. The lowest BCUT2D eigenvalue weighted by Crippen LogP contribution is -2.36. The zero-order valence-electron chi connectivity index (χ0n) is 15.1. The van der Waals surface area contributed by atoms with Crippen LogP contribution in [0.2, 0.25) is 0 Å². The van der Waals surface area contributed by atoms with E-state index in [0.717, 1.165) is 18.4 Å². The number of nitrogens with zero attached hydrogens (tertiary/aromatic N) is 4. The van der Waals surface area contributed by atoms with Gasteiger partial charge in [0.25, 0.3) is 0 Å². The van der Waals surface area contributed by atoms with E-state index < -0.39 is 5.69 Å². The van der Waals surface area contributed by atoms with E-state index >= 15 is 0 Å². The van der Waals surface area contributed by atoms with Gasteiger partial charge in [-0.05, 0) is 36.6 Å². The summed E-state index contributed by atoms with van der Waals surface area (Å²) in [5, 5.41) is 0. The summed E-state index contributed by atoms with van der Waals surface area (Å²) < 4.78 is 20.2. The van der Waals surface area contributed by atoms with Gasteiger partial charge < -0.3 is 9.32 Å². The van der Waals surface area contributed by atoms with Crippen LogP contribution >= 0.6 is 0 Å². The average Bonchev–Trinajstić information content (AvgIpc) is 3.34. The first-order valence-electron chi connectivity index (χ1n) is 9.10. The topological polar surface area (TPSA) is 81.2 Å². The first-order chi connectivity index (χ1) is 13.6. The van der Waals surface area contributed by atoms with Crippen LogP contribution in [0.5, 0.6) is 0 Å². The Kier molecular flexibility index (Phi) is 5.01. The molecule has 4 rings (SSSR count). The number of carbonyl (C=O) groups is 1. The third-order valence-corrected chi connectivity index (χ3v) is 4.81. The van der Waals surface area contributed by atoms with E-state index in [1.54, 1.807) is 35.5 Å². The number of halogens is 1. The summed E-state index contributed by atoms with van der Waals surface area (Å²) in [6.45, 7) is 0.528. The largest absolute Gasteiger partial charge is 0.443 e. The van der Waals surface area contributed by atoms with Crippen LogP contribution in [0, 0.1) is 5.82 Å². The van der Waals surface area contributed by atoms with Crippen molar-refractivity contribution in [2.24, 2.45) is 0 Å². The molecule has 0 N–H and O–H groups in total. The van der Waals surface area contributed by atoms with Gasteiger partial charge in [-0.15, -0.1) is 0 Å². The van der Waals surface area contributed by atoms with Crippen molar-refractivity contribution in [1.82, 2.24) is 19.4 Å². The first-order valence-corrected chi connectivity index (χ1v) is 9.10. The number of hydrogen-bond acceptors (Lipinski definition) is 5. The van der Waals surface area contributed by atoms with Crippen molar-refractivity contribution in [2.45, 2.75) is 31.8 Å². The summed E-state index contributed by atoms with van der Waals surface area (Å²) in [4.78, 5) is 34.2. The molecule has 8 heteroatoms. The predicted octanol–water partition coefficient (Wildman–Crippen LogP) is 2.32. The van der Waals surface area contributed by atoms with Gasteiger partial charge in [-0.25, -0.2) is 19.2 Å². The van der Waals surface area contributed by atoms with Crippen LogP contribution < -0.4 is 5.69 Å². The molecule has 7 nitrogen and oxygen atoms in total. The Balaban J connectivity index is 1.47. The first kappa shape index (κ1) is 18.1. The highest BCUT2D eigenvalue weighted by Gasteiger charge is 2.33.